The molecule has 0 amide bonds. The Bertz CT molecular complexity index is 759. The molecule has 2 rings (SSSR count). The van der Waals surface area contributed by atoms with Gasteiger partial charge in [0.15, 0.2) is 0 Å². The fraction of sp³-hybridized carbons (Fsp3) is 0.222. The van der Waals surface area contributed by atoms with Crippen LogP contribution < -0.4 is 10.5 Å². The first kappa shape index (κ1) is 16.0. The van der Waals surface area contributed by atoms with Gasteiger partial charge in [0.25, 0.3) is 0 Å². The van der Waals surface area contributed by atoms with Crippen LogP contribution in [0.3, 0.4) is 0 Å². The molecule has 112 valence electrons. The summed E-state index contributed by atoms with van der Waals surface area (Å²) in [4.78, 5) is 0.0925. The summed E-state index contributed by atoms with van der Waals surface area (Å²) in [7, 11) is 0. The Labute approximate surface area is 136 Å². The summed E-state index contributed by atoms with van der Waals surface area (Å²) >= 11 is 4.93. The SMILES string of the molecule is CCCCOc1ccc2ccccc2c1/C=C(/C#N)C(N)=S. The zero-order valence-electron chi connectivity index (χ0n) is 12.5. The van der Waals surface area contributed by atoms with Crippen LogP contribution in [0.5, 0.6) is 5.75 Å². The van der Waals surface area contributed by atoms with Crippen LogP contribution in [0, 0.1) is 11.3 Å². The zero-order chi connectivity index (χ0) is 15.9. The summed E-state index contributed by atoms with van der Waals surface area (Å²) in [6.07, 6.45) is 3.76. The number of nitrogens with zero attached hydrogens (tertiary/aromatic N) is 1. The molecule has 0 fully saturated rings. The predicted octanol–water partition coefficient (Wildman–Crippen LogP) is 4.21. The average Bonchev–Trinajstić information content (AvgIpc) is 2.53. The third kappa shape index (κ3) is 3.63. The molecule has 0 aliphatic heterocycles. The van der Waals surface area contributed by atoms with E-state index in [1.54, 1.807) is 6.08 Å². The van der Waals surface area contributed by atoms with Crippen LogP contribution >= 0.6 is 12.2 Å². The van der Waals surface area contributed by atoms with E-state index < -0.39 is 0 Å². The van der Waals surface area contributed by atoms with Gasteiger partial charge in [-0.15, -0.1) is 0 Å². The van der Waals surface area contributed by atoms with Crippen molar-refractivity contribution < 1.29 is 4.74 Å². The van der Waals surface area contributed by atoms with Crippen LogP contribution in [-0.2, 0) is 0 Å². The second kappa shape index (κ2) is 7.58. The average molecular weight is 310 g/mol. The smallest absolute Gasteiger partial charge is 0.127 e. The minimum atomic E-state index is 0.0925. The summed E-state index contributed by atoms with van der Waals surface area (Å²) < 4.78 is 5.87. The number of ether oxygens (including phenoxy) is 1. The first-order chi connectivity index (χ1) is 10.7. The van der Waals surface area contributed by atoms with E-state index in [1.165, 1.54) is 0 Å². The largest absolute Gasteiger partial charge is 0.493 e. The predicted molar refractivity (Wildman–Crippen MR) is 94.7 cm³/mol. The van der Waals surface area contributed by atoms with Crippen LogP contribution in [0.2, 0.25) is 0 Å². The number of benzene rings is 2. The van der Waals surface area contributed by atoms with Gasteiger partial charge in [-0.3, -0.25) is 0 Å². The molecule has 0 aliphatic carbocycles. The Morgan fingerprint density at radius 2 is 2.09 bits per heavy atom. The van der Waals surface area contributed by atoms with Gasteiger partial charge in [0.1, 0.15) is 16.8 Å². The standard InChI is InChI=1S/C18H18N2OS/c1-2-3-10-21-17-9-8-13-6-4-5-7-15(13)16(17)11-14(12-19)18(20)22/h4-9,11H,2-3,10H2,1H3,(H2,20,22)/b14-11-. The van der Waals surface area contributed by atoms with Gasteiger partial charge in [-0.2, -0.15) is 5.26 Å². The number of unbranched alkanes of at least 4 members (excludes halogenated alkanes) is 1. The minimum absolute atomic E-state index is 0.0925. The van der Waals surface area contributed by atoms with E-state index in [2.05, 4.69) is 6.92 Å². The third-order valence-corrected chi connectivity index (χ3v) is 3.58. The fourth-order valence-corrected chi connectivity index (χ4v) is 2.28. The van der Waals surface area contributed by atoms with Gasteiger partial charge in [0.2, 0.25) is 0 Å². The number of fused-ring (bicyclic) bond motifs is 1. The number of hydrogen-bond donors (Lipinski definition) is 1. The van der Waals surface area contributed by atoms with Gasteiger partial charge in [-0.25, -0.2) is 0 Å². The van der Waals surface area contributed by atoms with Gasteiger partial charge >= 0.3 is 0 Å². The molecule has 0 saturated heterocycles. The number of thiocarbonyl (C=S) groups is 1. The Hall–Kier alpha value is -2.38. The summed E-state index contributed by atoms with van der Waals surface area (Å²) in [5.41, 5.74) is 6.74. The van der Waals surface area contributed by atoms with Gasteiger partial charge in [0, 0.05) is 5.56 Å². The maximum atomic E-state index is 9.21. The second-order valence-electron chi connectivity index (χ2n) is 4.93. The highest BCUT2D eigenvalue weighted by Gasteiger charge is 2.09. The molecule has 0 spiro atoms. The molecule has 22 heavy (non-hydrogen) atoms. The molecule has 0 bridgehead atoms. The first-order valence-corrected chi connectivity index (χ1v) is 7.64. The van der Waals surface area contributed by atoms with Crippen molar-refractivity contribution in [1.29, 1.82) is 5.26 Å². The van der Waals surface area contributed by atoms with Gasteiger partial charge in [-0.05, 0) is 29.3 Å². The van der Waals surface area contributed by atoms with E-state index in [0.29, 0.717) is 6.61 Å². The lowest BCUT2D eigenvalue weighted by Crippen LogP contribution is -2.10. The van der Waals surface area contributed by atoms with E-state index in [9.17, 15) is 5.26 Å². The Morgan fingerprint density at radius 1 is 1.32 bits per heavy atom. The van der Waals surface area contributed by atoms with Crippen molar-refractivity contribution >= 4 is 34.1 Å². The van der Waals surface area contributed by atoms with Gasteiger partial charge < -0.3 is 10.5 Å². The van der Waals surface area contributed by atoms with Crippen molar-refractivity contribution in [1.82, 2.24) is 0 Å². The number of nitriles is 1. The number of hydrogen-bond acceptors (Lipinski definition) is 3. The Balaban J connectivity index is 2.57. The molecule has 0 radical (unpaired) electrons. The van der Waals surface area contributed by atoms with E-state index in [1.807, 2.05) is 42.5 Å². The van der Waals surface area contributed by atoms with Crippen molar-refractivity contribution in [3.8, 4) is 11.8 Å². The highest BCUT2D eigenvalue weighted by atomic mass is 32.1. The molecular formula is C18H18N2OS. The second-order valence-corrected chi connectivity index (χ2v) is 5.37. The molecule has 2 aromatic carbocycles. The van der Waals surface area contributed by atoms with Crippen LogP contribution in [0.4, 0.5) is 0 Å². The molecule has 0 heterocycles. The lowest BCUT2D eigenvalue weighted by Gasteiger charge is -2.12. The zero-order valence-corrected chi connectivity index (χ0v) is 13.3. The topological polar surface area (TPSA) is 59.0 Å². The van der Waals surface area contributed by atoms with E-state index in [0.717, 1.165) is 34.9 Å². The maximum absolute atomic E-state index is 9.21. The van der Waals surface area contributed by atoms with Crippen molar-refractivity contribution in [3.05, 3.63) is 47.5 Å². The Morgan fingerprint density at radius 3 is 2.77 bits per heavy atom. The first-order valence-electron chi connectivity index (χ1n) is 7.23. The number of nitrogens with two attached hydrogens (primary N) is 1. The monoisotopic (exact) mass is 310 g/mol. The van der Waals surface area contributed by atoms with Crippen molar-refractivity contribution in [3.63, 3.8) is 0 Å². The molecule has 3 nitrogen and oxygen atoms in total. The number of rotatable bonds is 6. The minimum Gasteiger partial charge on any atom is -0.493 e. The van der Waals surface area contributed by atoms with Crippen LogP contribution in [-0.4, -0.2) is 11.6 Å². The highest BCUT2D eigenvalue weighted by molar-refractivity contribution is 7.80. The molecule has 0 atom stereocenters. The molecule has 2 N–H and O–H groups in total. The molecule has 0 unspecified atom stereocenters. The van der Waals surface area contributed by atoms with Gasteiger partial charge in [-0.1, -0.05) is 55.9 Å². The molecule has 2 aromatic rings. The van der Waals surface area contributed by atoms with E-state index >= 15 is 0 Å². The van der Waals surface area contributed by atoms with E-state index in [4.69, 9.17) is 22.7 Å². The lowest BCUT2D eigenvalue weighted by molar-refractivity contribution is 0.309. The highest BCUT2D eigenvalue weighted by Crippen LogP contribution is 2.30. The van der Waals surface area contributed by atoms with E-state index in [-0.39, 0.29) is 10.6 Å². The molecular weight excluding hydrogens is 292 g/mol. The Kier molecular flexibility index (Phi) is 5.51. The molecule has 0 aliphatic rings. The molecule has 0 saturated carbocycles. The van der Waals surface area contributed by atoms with Crippen LogP contribution in [0.15, 0.2) is 42.0 Å². The van der Waals surface area contributed by atoms with Crippen molar-refractivity contribution in [2.45, 2.75) is 19.8 Å². The molecule has 0 aromatic heterocycles. The summed E-state index contributed by atoms with van der Waals surface area (Å²) in [6, 6.07) is 14.0. The normalized spacial score (nSPS) is 11.2. The van der Waals surface area contributed by atoms with Crippen molar-refractivity contribution in [2.24, 2.45) is 5.73 Å². The summed E-state index contributed by atoms with van der Waals surface area (Å²) in [5, 5.41) is 11.3. The summed E-state index contributed by atoms with van der Waals surface area (Å²) in [6.45, 7) is 2.76. The van der Waals surface area contributed by atoms with Gasteiger partial charge in [0.05, 0.1) is 12.2 Å². The maximum Gasteiger partial charge on any atom is 0.127 e. The lowest BCUT2D eigenvalue weighted by atomic mass is 10.0. The van der Waals surface area contributed by atoms with Crippen LogP contribution in [0.25, 0.3) is 16.8 Å². The fourth-order valence-electron chi connectivity index (χ4n) is 2.18. The third-order valence-electron chi connectivity index (χ3n) is 3.36. The van der Waals surface area contributed by atoms with Crippen molar-refractivity contribution in [2.75, 3.05) is 6.61 Å². The van der Waals surface area contributed by atoms with Crippen LogP contribution in [0.1, 0.15) is 25.3 Å². The quantitative estimate of drug-likeness (QED) is 0.376. The molecule has 4 heteroatoms. The summed E-state index contributed by atoms with van der Waals surface area (Å²) in [5.74, 6) is 0.746.